The normalized spacial score (nSPS) is 21.9. The fourth-order valence-electron chi connectivity index (χ4n) is 6.79. The van der Waals surface area contributed by atoms with Gasteiger partial charge >= 0.3 is 6.01 Å². The average Bonchev–Trinajstić information content (AvgIpc) is 3.54. The number of carbonyl (C=O) groups excluding carboxylic acids is 2. The summed E-state index contributed by atoms with van der Waals surface area (Å²) in [5.74, 6) is 0.256. The minimum Gasteiger partial charge on any atom is -0.460 e. The van der Waals surface area contributed by atoms with E-state index in [2.05, 4.69) is 44.5 Å². The first kappa shape index (κ1) is 31.0. The van der Waals surface area contributed by atoms with Crippen molar-refractivity contribution >= 4 is 17.6 Å². The number of likely N-dealkylation sites (tertiary alicyclic amines) is 2. The van der Waals surface area contributed by atoms with Crippen LogP contribution < -0.4 is 10.1 Å². The van der Waals surface area contributed by atoms with E-state index in [1.54, 1.807) is 11.0 Å². The number of nitrogens with zero attached hydrogens (tertiary/aromatic N) is 5. The summed E-state index contributed by atoms with van der Waals surface area (Å²) >= 11 is 0. The monoisotopic (exact) mass is 612 g/mol. The fraction of sp³-hybridized carbons (Fsp3) is 0.486. The lowest BCUT2D eigenvalue weighted by Gasteiger charge is -2.43. The van der Waals surface area contributed by atoms with Crippen molar-refractivity contribution < 1.29 is 19.4 Å². The molecule has 0 radical (unpaired) electrons. The van der Waals surface area contributed by atoms with Gasteiger partial charge in [0, 0.05) is 63.0 Å². The average molecular weight is 613 g/mol. The van der Waals surface area contributed by atoms with Crippen molar-refractivity contribution in [2.45, 2.75) is 76.8 Å². The van der Waals surface area contributed by atoms with Crippen molar-refractivity contribution in [3.8, 4) is 6.01 Å². The van der Waals surface area contributed by atoms with Crippen LogP contribution in [0.25, 0.3) is 0 Å². The largest absolute Gasteiger partial charge is 0.460 e. The molecule has 10 heteroatoms. The number of aromatic nitrogens is 2. The van der Waals surface area contributed by atoms with Crippen LogP contribution in [0, 0.1) is 0 Å². The van der Waals surface area contributed by atoms with Crippen LogP contribution in [0.1, 0.15) is 71.5 Å². The van der Waals surface area contributed by atoms with E-state index in [0.29, 0.717) is 37.4 Å². The van der Waals surface area contributed by atoms with Gasteiger partial charge in [-0.3, -0.25) is 14.5 Å². The van der Waals surface area contributed by atoms with Gasteiger partial charge in [0.2, 0.25) is 0 Å². The summed E-state index contributed by atoms with van der Waals surface area (Å²) in [6, 6.07) is 19.6. The second kappa shape index (κ2) is 14.0. The molecule has 0 aliphatic carbocycles. The van der Waals surface area contributed by atoms with Gasteiger partial charge in [-0.05, 0) is 55.4 Å². The summed E-state index contributed by atoms with van der Waals surface area (Å²) in [4.78, 5) is 41.9. The summed E-state index contributed by atoms with van der Waals surface area (Å²) in [6.07, 6.45) is 3.28. The van der Waals surface area contributed by atoms with E-state index in [4.69, 9.17) is 4.74 Å². The molecule has 0 unspecified atom stereocenters. The number of aliphatic hydroxyl groups excluding tert-OH is 1. The number of benzene rings is 2. The van der Waals surface area contributed by atoms with Crippen LogP contribution in [0.4, 0.5) is 5.82 Å². The van der Waals surface area contributed by atoms with Crippen LogP contribution in [-0.4, -0.2) is 98.6 Å². The maximum Gasteiger partial charge on any atom is 0.319 e. The molecule has 10 nitrogen and oxygen atoms in total. The number of aliphatic hydroxyl groups is 1. The van der Waals surface area contributed by atoms with Crippen molar-refractivity contribution in [3.05, 3.63) is 83.0 Å². The number of rotatable bonds is 9. The van der Waals surface area contributed by atoms with Crippen molar-refractivity contribution in [1.29, 1.82) is 0 Å². The summed E-state index contributed by atoms with van der Waals surface area (Å²) in [5.41, 5.74) is 3.60. The Labute approximate surface area is 265 Å². The predicted molar refractivity (Wildman–Crippen MR) is 172 cm³/mol. The van der Waals surface area contributed by atoms with E-state index < -0.39 is 6.10 Å². The second-order valence-corrected chi connectivity index (χ2v) is 12.4. The first-order valence-electron chi connectivity index (χ1n) is 16.4. The highest BCUT2D eigenvalue weighted by molar-refractivity contribution is 5.94. The summed E-state index contributed by atoms with van der Waals surface area (Å²) in [7, 11) is 0. The van der Waals surface area contributed by atoms with Crippen molar-refractivity contribution in [1.82, 2.24) is 24.7 Å². The Bertz CT molecular complexity index is 1480. The molecule has 1 aromatic heterocycles. The minimum absolute atomic E-state index is 0.00250. The number of nitrogens with one attached hydrogen (secondary N) is 1. The minimum atomic E-state index is -0.653. The lowest BCUT2D eigenvalue weighted by Crippen LogP contribution is -2.56. The van der Waals surface area contributed by atoms with Crippen LogP contribution in [0.15, 0.2) is 60.7 Å². The highest BCUT2D eigenvalue weighted by Gasteiger charge is 2.36. The Morgan fingerprint density at radius 2 is 1.62 bits per heavy atom. The first-order valence-corrected chi connectivity index (χ1v) is 16.4. The molecular formula is C35H44N6O4. The van der Waals surface area contributed by atoms with Gasteiger partial charge in [-0.25, -0.2) is 0 Å². The van der Waals surface area contributed by atoms with Crippen LogP contribution in [-0.2, 0) is 13.0 Å². The number of fused-ring (bicyclic) bond motifs is 1. The van der Waals surface area contributed by atoms with Crippen molar-refractivity contribution in [2.75, 3.05) is 38.0 Å². The summed E-state index contributed by atoms with van der Waals surface area (Å²) in [6.45, 7) is 7.76. The van der Waals surface area contributed by atoms with Gasteiger partial charge in [-0.1, -0.05) is 56.3 Å². The smallest absolute Gasteiger partial charge is 0.319 e. The molecule has 0 spiro atoms. The molecule has 2 aromatic carbocycles. The molecule has 2 saturated heterocycles. The number of carbonyl (C=O) groups is 2. The van der Waals surface area contributed by atoms with Gasteiger partial charge in [0.05, 0.1) is 6.10 Å². The van der Waals surface area contributed by atoms with Crippen molar-refractivity contribution in [3.63, 3.8) is 0 Å². The zero-order valence-corrected chi connectivity index (χ0v) is 26.3. The lowest BCUT2D eigenvalue weighted by atomic mass is 9.94. The molecule has 3 atom stereocenters. The maximum absolute atomic E-state index is 13.8. The quantitative estimate of drug-likeness (QED) is 0.373. The van der Waals surface area contributed by atoms with Gasteiger partial charge in [-0.2, -0.15) is 9.97 Å². The molecule has 45 heavy (non-hydrogen) atoms. The van der Waals surface area contributed by atoms with Crippen LogP contribution in [0.3, 0.4) is 0 Å². The number of amides is 2. The zero-order valence-electron chi connectivity index (χ0n) is 26.3. The highest BCUT2D eigenvalue weighted by atomic mass is 16.5. The standard InChI is InChI=1S/C35H44N6O4/c1-3-28(4-2)45-35-37-29(20-32(38-35)36-27-15-18-40(22-27)33(43)25-11-6-5-7-12-25)34(44)41-19-16-30(31(42)23-41)39-17-14-24-10-8-9-13-26(24)21-39/h5-13,20,27-28,30-31,42H,3-4,14-19,21-23H2,1-2H3,(H,36,37,38)/t27-,30-,31-/m1/s1. The molecule has 4 heterocycles. The highest BCUT2D eigenvalue weighted by Crippen LogP contribution is 2.27. The second-order valence-electron chi connectivity index (χ2n) is 12.4. The Kier molecular flexibility index (Phi) is 9.61. The van der Waals surface area contributed by atoms with E-state index in [1.165, 1.54) is 11.1 Å². The predicted octanol–water partition coefficient (Wildman–Crippen LogP) is 4.00. The van der Waals surface area contributed by atoms with Crippen LogP contribution >= 0.6 is 0 Å². The van der Waals surface area contributed by atoms with Gasteiger partial charge in [-0.15, -0.1) is 0 Å². The zero-order chi connectivity index (χ0) is 31.3. The SMILES string of the molecule is CCC(CC)Oc1nc(N[C@@H]2CCN(C(=O)c3ccccc3)C2)cc(C(=O)N2CC[C@@H](N3CCc4ccccc4C3)[C@H](O)C2)n1. The van der Waals surface area contributed by atoms with Gasteiger partial charge in [0.15, 0.2) is 0 Å². The lowest BCUT2D eigenvalue weighted by molar-refractivity contribution is -0.0139. The van der Waals surface area contributed by atoms with Gasteiger partial charge in [0.25, 0.3) is 11.8 Å². The molecule has 3 aliphatic rings. The van der Waals surface area contributed by atoms with Gasteiger partial charge < -0.3 is 25.0 Å². The maximum atomic E-state index is 13.8. The summed E-state index contributed by atoms with van der Waals surface area (Å²) in [5, 5.41) is 14.7. The number of piperidine rings is 1. The Hall–Kier alpha value is -4.02. The molecule has 2 N–H and O–H groups in total. The molecule has 2 amide bonds. The molecule has 238 valence electrons. The summed E-state index contributed by atoms with van der Waals surface area (Å²) < 4.78 is 6.11. The van der Waals surface area contributed by atoms with E-state index in [9.17, 15) is 14.7 Å². The van der Waals surface area contributed by atoms with Crippen LogP contribution in [0.2, 0.25) is 0 Å². The number of ether oxygens (including phenoxy) is 1. The van der Waals surface area contributed by atoms with E-state index in [0.717, 1.165) is 38.8 Å². The number of hydrogen-bond donors (Lipinski definition) is 2. The third kappa shape index (κ3) is 7.12. The fourth-order valence-corrected chi connectivity index (χ4v) is 6.79. The Morgan fingerprint density at radius 3 is 2.38 bits per heavy atom. The van der Waals surface area contributed by atoms with Crippen LogP contribution in [0.5, 0.6) is 6.01 Å². The molecule has 0 bridgehead atoms. The molecule has 0 saturated carbocycles. The Balaban J connectivity index is 1.14. The molecule has 3 aromatic rings. The third-order valence-corrected chi connectivity index (χ3v) is 9.42. The van der Waals surface area contributed by atoms with E-state index >= 15 is 0 Å². The van der Waals surface area contributed by atoms with Crippen molar-refractivity contribution in [2.24, 2.45) is 0 Å². The number of hydrogen-bond acceptors (Lipinski definition) is 8. The van der Waals surface area contributed by atoms with E-state index in [-0.39, 0.29) is 48.3 Å². The van der Waals surface area contributed by atoms with Gasteiger partial charge in [0.1, 0.15) is 17.6 Å². The van der Waals surface area contributed by atoms with E-state index in [1.807, 2.05) is 49.1 Å². The first-order chi connectivity index (χ1) is 21.9. The Morgan fingerprint density at radius 1 is 0.911 bits per heavy atom. The molecule has 2 fully saturated rings. The topological polar surface area (TPSA) is 111 Å². The molecule has 6 rings (SSSR count). The third-order valence-electron chi connectivity index (χ3n) is 9.42. The number of anilines is 1. The number of β-amino-alcohol motifs (C(OH)–C–C–N with tert-alkyl or cyclic N) is 1. The molecule has 3 aliphatic heterocycles. The molecular weight excluding hydrogens is 568 g/mol.